The first-order chi connectivity index (χ1) is 9.16. The lowest BCUT2D eigenvalue weighted by Crippen LogP contribution is -2.35. The lowest BCUT2D eigenvalue weighted by Gasteiger charge is -2.02. The van der Waals surface area contributed by atoms with Crippen LogP contribution >= 0.6 is 0 Å². The van der Waals surface area contributed by atoms with Crippen LogP contribution in [-0.2, 0) is 6.37 Å². The average Bonchev–Trinajstić information content (AvgIpc) is 2.31. The van der Waals surface area contributed by atoms with Gasteiger partial charge in [-0.25, -0.2) is 0 Å². The quantitative estimate of drug-likeness (QED) is 0.515. The van der Waals surface area contributed by atoms with Gasteiger partial charge in [-0.15, -0.1) is 0 Å². The second-order valence-electron chi connectivity index (χ2n) is 2.75. The van der Waals surface area contributed by atoms with Crippen molar-refractivity contribution in [3.8, 4) is 0 Å². The number of hydrogen-bond acceptors (Lipinski definition) is 2. The summed E-state index contributed by atoms with van der Waals surface area (Å²) in [5.41, 5.74) is 5.36. The number of guanidine groups is 1. The fraction of sp³-hybridized carbons (Fsp3) is 0.273. The first kappa shape index (κ1) is 5.90. The normalized spacial score (nSPS) is 19.0. The molecule has 80 valence electrons. The van der Waals surface area contributed by atoms with Crippen molar-refractivity contribution in [2.45, 2.75) is 13.3 Å². The van der Waals surface area contributed by atoms with Gasteiger partial charge in [0.1, 0.15) is 0 Å². The molecule has 0 aliphatic heterocycles. The third kappa shape index (κ3) is 4.81. The van der Waals surface area contributed by atoms with Gasteiger partial charge in [-0.3, -0.25) is 10.4 Å². The Bertz CT molecular complexity index is 544. The van der Waals surface area contributed by atoms with E-state index in [1.807, 2.05) is 0 Å². The van der Waals surface area contributed by atoms with Gasteiger partial charge in [-0.05, 0) is 18.9 Å². The summed E-state index contributed by atoms with van der Waals surface area (Å²) in [6.07, 6.45) is -2.27. The maximum absolute atomic E-state index is 7.92. The van der Waals surface area contributed by atoms with Crippen LogP contribution in [0.25, 0.3) is 0 Å². The number of nitrogens with zero attached hydrogens (tertiary/aromatic N) is 1. The lowest BCUT2D eigenvalue weighted by atomic mass is 10.2. The van der Waals surface area contributed by atoms with Crippen molar-refractivity contribution in [3.63, 3.8) is 0 Å². The average molecular weight is 209 g/mol. The molecule has 0 saturated heterocycles. The molecule has 0 fully saturated rings. The zero-order chi connectivity index (χ0) is 15.5. The molecular weight excluding hydrogens is 188 g/mol. The zero-order valence-corrected chi connectivity index (χ0v) is 8.33. The van der Waals surface area contributed by atoms with Crippen LogP contribution in [0.3, 0.4) is 0 Å². The number of aliphatic imine (C=N–C) groups is 1. The number of hydrogen-bond donors (Lipinski definition) is 3. The molecule has 4 N–H and O–H groups in total. The van der Waals surface area contributed by atoms with E-state index in [0.717, 1.165) is 0 Å². The van der Waals surface area contributed by atoms with Crippen molar-refractivity contribution in [2.24, 2.45) is 10.7 Å². The van der Waals surface area contributed by atoms with Crippen LogP contribution in [-0.4, -0.2) is 18.3 Å². The molecule has 0 saturated carbocycles. The summed E-state index contributed by atoms with van der Waals surface area (Å²) in [6, 6.07) is 3.78. The van der Waals surface area contributed by atoms with Crippen LogP contribution in [0, 0.1) is 5.41 Å². The molecule has 0 spiro atoms. The third-order valence-corrected chi connectivity index (χ3v) is 1.39. The molecule has 1 unspecified atom stereocenters. The molecule has 0 heterocycles. The highest BCUT2D eigenvalue weighted by Crippen LogP contribution is 1.98. The summed E-state index contributed by atoms with van der Waals surface area (Å²) in [7, 11) is 0. The highest BCUT2D eigenvalue weighted by molar-refractivity contribution is 5.96. The third-order valence-electron chi connectivity index (χ3n) is 1.39. The van der Waals surface area contributed by atoms with Gasteiger partial charge < -0.3 is 11.1 Å². The van der Waals surface area contributed by atoms with Crippen molar-refractivity contribution >= 4 is 11.8 Å². The van der Waals surface area contributed by atoms with Crippen LogP contribution in [0.1, 0.15) is 19.3 Å². The van der Waals surface area contributed by atoms with E-state index in [1.54, 1.807) is 0 Å². The first-order valence-corrected chi connectivity index (χ1v) is 4.30. The molecule has 1 atom stereocenters. The Morgan fingerprint density at radius 1 is 1.73 bits per heavy atom. The summed E-state index contributed by atoms with van der Waals surface area (Å²) >= 11 is 0. The molecule has 4 heteroatoms. The Morgan fingerprint density at radius 2 is 2.53 bits per heavy atom. The summed E-state index contributed by atoms with van der Waals surface area (Å²) in [5.74, 6) is -0.219. The van der Waals surface area contributed by atoms with Gasteiger partial charge in [0.15, 0.2) is 5.96 Å². The summed E-state index contributed by atoms with van der Waals surface area (Å²) < 4.78 is 38.8. The summed E-state index contributed by atoms with van der Waals surface area (Å²) in [4.78, 5) is 3.63. The van der Waals surface area contributed by atoms with Gasteiger partial charge in [-0.2, -0.15) is 0 Å². The number of aryl methyl sites for hydroxylation is 1. The van der Waals surface area contributed by atoms with E-state index in [-0.39, 0.29) is 29.4 Å². The molecule has 1 aromatic carbocycles. The number of nitrogens with one attached hydrogen (secondary N) is 2. The fourth-order valence-electron chi connectivity index (χ4n) is 0.833. The van der Waals surface area contributed by atoms with E-state index >= 15 is 0 Å². The molecule has 4 nitrogen and oxygen atoms in total. The van der Waals surface area contributed by atoms with Crippen molar-refractivity contribution in [1.29, 1.82) is 5.41 Å². The molecule has 0 aliphatic rings. The Labute approximate surface area is 96.8 Å². The van der Waals surface area contributed by atoms with Gasteiger partial charge in [0.2, 0.25) is 0 Å². The maximum atomic E-state index is 7.92. The molecule has 0 aliphatic carbocycles. The topological polar surface area (TPSA) is 74.3 Å². The van der Waals surface area contributed by atoms with Gasteiger partial charge in [0.25, 0.3) is 0 Å². The van der Waals surface area contributed by atoms with Gasteiger partial charge in [0.05, 0.1) is 9.95 Å². The number of amidine groups is 1. The first-order valence-electron chi connectivity index (χ1n) is 6.88. The minimum atomic E-state index is -2.27. The van der Waals surface area contributed by atoms with Gasteiger partial charge in [-0.1, -0.05) is 30.3 Å². The predicted molar refractivity (Wildman–Crippen MR) is 63.2 cm³/mol. The standard InChI is InChI=1S/C11H16N4/c1-9(12)15-11(13)14-8-7-10-5-3-2-4-6-10/h2-6H,7-8H2,1H3,(H4,12,13,14,15)/i3D,5D,7D2,8D. The molecule has 1 aromatic rings. The van der Waals surface area contributed by atoms with E-state index in [9.17, 15) is 0 Å². The van der Waals surface area contributed by atoms with E-state index in [1.165, 1.54) is 25.1 Å². The second kappa shape index (κ2) is 5.80. The molecule has 0 amide bonds. The minimum Gasteiger partial charge on any atom is -0.370 e. The van der Waals surface area contributed by atoms with Crippen LogP contribution in [0.4, 0.5) is 0 Å². The summed E-state index contributed by atoms with van der Waals surface area (Å²) in [6.45, 7) is -0.179. The van der Waals surface area contributed by atoms with Gasteiger partial charge >= 0.3 is 0 Å². The number of rotatable bonds is 3. The molecule has 1 rings (SSSR count). The van der Waals surface area contributed by atoms with Crippen LogP contribution in [0.15, 0.2) is 35.3 Å². The Morgan fingerprint density at radius 3 is 3.27 bits per heavy atom. The van der Waals surface area contributed by atoms with Crippen molar-refractivity contribution < 1.29 is 6.85 Å². The van der Waals surface area contributed by atoms with Crippen molar-refractivity contribution in [3.05, 3.63) is 35.8 Å². The van der Waals surface area contributed by atoms with Crippen LogP contribution < -0.4 is 11.1 Å². The minimum absolute atomic E-state index is 0.0216. The van der Waals surface area contributed by atoms with Crippen molar-refractivity contribution in [2.75, 3.05) is 6.52 Å². The number of nitrogens with two attached hydrogens (primary N) is 1. The molecule has 0 radical (unpaired) electrons. The van der Waals surface area contributed by atoms with Crippen LogP contribution in [0.5, 0.6) is 0 Å². The lowest BCUT2D eigenvalue weighted by molar-refractivity contribution is 0.955. The van der Waals surface area contributed by atoms with Gasteiger partial charge in [0, 0.05) is 9.26 Å². The fourth-order valence-corrected chi connectivity index (χ4v) is 0.833. The maximum Gasteiger partial charge on any atom is 0.194 e. The molecule has 0 bridgehead atoms. The van der Waals surface area contributed by atoms with E-state index in [0.29, 0.717) is 0 Å². The number of benzene rings is 1. The SMILES string of the molecule is [2H]c1cccc(C([2H])([2H])C([2H])N=C(N)NC(C)=N)c1[2H]. The molecule has 15 heavy (non-hydrogen) atoms. The van der Waals surface area contributed by atoms with E-state index < -0.39 is 12.9 Å². The highest BCUT2D eigenvalue weighted by Gasteiger charge is 1.92. The van der Waals surface area contributed by atoms with Crippen LogP contribution in [0.2, 0.25) is 0 Å². The predicted octanol–water partition coefficient (Wildman–Crippen LogP) is 1.13. The largest absolute Gasteiger partial charge is 0.370 e. The molecule has 0 aromatic heterocycles. The van der Waals surface area contributed by atoms with E-state index in [4.69, 9.17) is 18.0 Å². The smallest absolute Gasteiger partial charge is 0.194 e. The zero-order valence-electron chi connectivity index (χ0n) is 13.3. The molecular formula is C11H16N4. The Kier molecular flexibility index (Phi) is 2.28. The Hall–Kier alpha value is -1.84. The highest BCUT2D eigenvalue weighted by atomic mass is 15.1. The monoisotopic (exact) mass is 209 g/mol. The van der Waals surface area contributed by atoms with E-state index in [2.05, 4.69) is 10.3 Å². The summed E-state index contributed by atoms with van der Waals surface area (Å²) in [5, 5.41) is 9.53. The second-order valence-corrected chi connectivity index (χ2v) is 2.75. The Balaban J connectivity index is 3.09. The van der Waals surface area contributed by atoms with Crippen molar-refractivity contribution in [1.82, 2.24) is 5.32 Å².